The smallest absolute Gasteiger partial charge is 0.306 e. The summed E-state index contributed by atoms with van der Waals surface area (Å²) in [6.45, 7) is 4.65. The van der Waals surface area contributed by atoms with Crippen molar-refractivity contribution in [1.29, 1.82) is 0 Å². The van der Waals surface area contributed by atoms with E-state index in [1.54, 1.807) is 0 Å². The number of ketones is 1. The summed E-state index contributed by atoms with van der Waals surface area (Å²) in [4.78, 5) is 24.4. The summed E-state index contributed by atoms with van der Waals surface area (Å²) in [5, 5.41) is 0. The Hall–Kier alpha value is -1.12. The van der Waals surface area contributed by atoms with Crippen molar-refractivity contribution in [2.75, 3.05) is 0 Å². The molecule has 168 valence electrons. The van der Waals surface area contributed by atoms with Crippen LogP contribution >= 0.6 is 0 Å². The van der Waals surface area contributed by atoms with Crippen LogP contribution in [0.15, 0.2) is 11.6 Å². The first kappa shape index (κ1) is 22.1. The summed E-state index contributed by atoms with van der Waals surface area (Å²) in [5.74, 6) is 3.26. The van der Waals surface area contributed by atoms with Crippen LogP contribution in [-0.4, -0.2) is 17.9 Å². The molecular weight excluding hydrogens is 372 g/mol. The number of esters is 1. The Morgan fingerprint density at radius 2 is 1.80 bits per heavy atom. The van der Waals surface area contributed by atoms with Crippen LogP contribution in [0.3, 0.4) is 0 Å². The highest BCUT2D eigenvalue weighted by atomic mass is 16.5. The molecule has 0 saturated heterocycles. The average Bonchev–Trinajstić information content (AvgIpc) is 3.06. The molecule has 0 radical (unpaired) electrons. The van der Waals surface area contributed by atoms with Gasteiger partial charge in [-0.1, -0.05) is 51.5 Å². The van der Waals surface area contributed by atoms with Crippen LogP contribution in [-0.2, 0) is 14.3 Å². The number of carbonyl (C=O) groups excluding carboxylic acids is 2. The van der Waals surface area contributed by atoms with Crippen LogP contribution in [0.1, 0.15) is 110 Å². The zero-order valence-electron chi connectivity index (χ0n) is 19.3. The predicted octanol–water partition coefficient (Wildman–Crippen LogP) is 6.79. The van der Waals surface area contributed by atoms with Gasteiger partial charge in [0, 0.05) is 18.3 Å². The fourth-order valence-electron chi connectivity index (χ4n) is 7.59. The van der Waals surface area contributed by atoms with E-state index in [1.807, 2.05) is 6.08 Å². The second kappa shape index (κ2) is 9.57. The van der Waals surface area contributed by atoms with E-state index in [0.29, 0.717) is 24.0 Å². The summed E-state index contributed by atoms with van der Waals surface area (Å²) in [6.07, 6.45) is 18.8. The van der Waals surface area contributed by atoms with Crippen LogP contribution < -0.4 is 0 Å². The van der Waals surface area contributed by atoms with Gasteiger partial charge in [0.2, 0.25) is 0 Å². The van der Waals surface area contributed by atoms with Crippen LogP contribution in [0.2, 0.25) is 0 Å². The molecule has 0 heterocycles. The van der Waals surface area contributed by atoms with Gasteiger partial charge >= 0.3 is 5.97 Å². The topological polar surface area (TPSA) is 43.4 Å². The van der Waals surface area contributed by atoms with E-state index in [-0.39, 0.29) is 17.5 Å². The maximum absolute atomic E-state index is 12.5. The van der Waals surface area contributed by atoms with Gasteiger partial charge in [-0.15, -0.1) is 0 Å². The van der Waals surface area contributed by atoms with E-state index >= 15 is 0 Å². The zero-order chi connectivity index (χ0) is 21.1. The van der Waals surface area contributed by atoms with E-state index in [4.69, 9.17) is 4.74 Å². The van der Waals surface area contributed by atoms with E-state index < -0.39 is 0 Å². The third-order valence-corrected chi connectivity index (χ3v) is 9.22. The molecule has 0 unspecified atom stereocenters. The molecule has 0 aromatic rings. The van der Waals surface area contributed by atoms with Gasteiger partial charge in [0.05, 0.1) is 0 Å². The molecule has 4 aliphatic carbocycles. The molecular formula is C27H42O3. The molecule has 0 bridgehead atoms. The Balaban J connectivity index is 1.31. The third-order valence-electron chi connectivity index (χ3n) is 9.22. The second-order valence-corrected chi connectivity index (χ2v) is 10.9. The Labute approximate surface area is 183 Å². The standard InChI is InChI=1S/C27H42O3/c1-3-4-5-6-7-8-9-26(29)30-25-15-14-24-23-12-10-19-18-20(28)11-13-21(19)22(23)16-17-27(24,25)2/h18,21-25H,3-17H2,1-2H3/t21-,22+,23+,24-,25-,27-/m0/s1. The number of fused-ring (bicyclic) bond motifs is 5. The van der Waals surface area contributed by atoms with E-state index in [1.165, 1.54) is 56.9 Å². The minimum absolute atomic E-state index is 0.0409. The number of ether oxygens (including phenoxy) is 1. The number of hydrogen-bond acceptors (Lipinski definition) is 3. The SMILES string of the molecule is CCCCCCCCC(=O)O[C@H]1CC[C@H]2[C@@H]3CCC4=CC(=O)CC[C@@H]4[C@H]3CC[C@]12C. The van der Waals surface area contributed by atoms with Crippen molar-refractivity contribution in [3.05, 3.63) is 11.6 Å². The third kappa shape index (κ3) is 4.41. The number of carbonyl (C=O) groups is 2. The Kier molecular flexibility index (Phi) is 7.05. The maximum Gasteiger partial charge on any atom is 0.306 e. The van der Waals surface area contributed by atoms with Gasteiger partial charge < -0.3 is 4.74 Å². The summed E-state index contributed by atoms with van der Waals surface area (Å²) in [6, 6.07) is 0. The number of allylic oxidation sites excluding steroid dienone is 1. The van der Waals surface area contributed by atoms with E-state index in [0.717, 1.165) is 50.4 Å². The van der Waals surface area contributed by atoms with Gasteiger partial charge in [-0.25, -0.2) is 0 Å². The quantitative estimate of drug-likeness (QED) is 0.324. The molecule has 3 fully saturated rings. The first-order valence-corrected chi connectivity index (χ1v) is 13.0. The largest absolute Gasteiger partial charge is 0.462 e. The molecule has 4 rings (SSSR count). The lowest BCUT2D eigenvalue weighted by atomic mass is 9.52. The fourth-order valence-corrected chi connectivity index (χ4v) is 7.59. The van der Waals surface area contributed by atoms with Gasteiger partial charge in [0.15, 0.2) is 5.78 Å². The number of hydrogen-bond donors (Lipinski definition) is 0. The molecule has 30 heavy (non-hydrogen) atoms. The molecule has 0 spiro atoms. The first-order chi connectivity index (χ1) is 14.5. The Morgan fingerprint density at radius 3 is 2.63 bits per heavy atom. The molecule has 0 aromatic carbocycles. The van der Waals surface area contributed by atoms with Crippen LogP contribution in [0, 0.1) is 29.1 Å². The summed E-state index contributed by atoms with van der Waals surface area (Å²) < 4.78 is 6.12. The van der Waals surface area contributed by atoms with Crippen molar-refractivity contribution in [3.63, 3.8) is 0 Å². The predicted molar refractivity (Wildman–Crippen MR) is 120 cm³/mol. The van der Waals surface area contributed by atoms with Crippen molar-refractivity contribution in [2.24, 2.45) is 29.1 Å². The minimum Gasteiger partial charge on any atom is -0.462 e. The van der Waals surface area contributed by atoms with E-state index in [2.05, 4.69) is 13.8 Å². The highest BCUT2D eigenvalue weighted by molar-refractivity contribution is 5.91. The lowest BCUT2D eigenvalue weighted by Gasteiger charge is -2.53. The lowest BCUT2D eigenvalue weighted by molar-refractivity contribution is -0.159. The van der Waals surface area contributed by atoms with Gasteiger partial charge in [-0.2, -0.15) is 0 Å². The average molecular weight is 415 g/mol. The summed E-state index contributed by atoms with van der Waals surface area (Å²) >= 11 is 0. The van der Waals surface area contributed by atoms with Crippen molar-refractivity contribution in [2.45, 2.75) is 116 Å². The number of rotatable bonds is 8. The van der Waals surface area contributed by atoms with Crippen molar-refractivity contribution in [1.82, 2.24) is 0 Å². The fraction of sp³-hybridized carbons (Fsp3) is 0.852. The van der Waals surface area contributed by atoms with Gasteiger partial charge in [-0.05, 0) is 81.1 Å². The minimum atomic E-state index is 0.0409. The highest BCUT2D eigenvalue weighted by Crippen LogP contribution is 2.62. The summed E-state index contributed by atoms with van der Waals surface area (Å²) in [7, 11) is 0. The molecule has 6 atom stereocenters. The zero-order valence-corrected chi connectivity index (χ0v) is 19.3. The van der Waals surface area contributed by atoms with Crippen LogP contribution in [0.4, 0.5) is 0 Å². The van der Waals surface area contributed by atoms with Gasteiger partial charge in [0.1, 0.15) is 6.10 Å². The van der Waals surface area contributed by atoms with Gasteiger partial charge in [-0.3, -0.25) is 9.59 Å². The monoisotopic (exact) mass is 414 g/mol. The maximum atomic E-state index is 12.5. The Bertz CT molecular complexity index is 665. The van der Waals surface area contributed by atoms with Crippen molar-refractivity contribution >= 4 is 11.8 Å². The molecule has 4 aliphatic rings. The molecule has 3 saturated carbocycles. The molecule has 0 N–H and O–H groups in total. The molecule has 0 amide bonds. The summed E-state index contributed by atoms with van der Waals surface area (Å²) in [5.41, 5.74) is 1.62. The van der Waals surface area contributed by atoms with Gasteiger partial charge in [0.25, 0.3) is 0 Å². The first-order valence-electron chi connectivity index (χ1n) is 13.0. The normalized spacial score (nSPS) is 37.7. The highest BCUT2D eigenvalue weighted by Gasteiger charge is 2.57. The van der Waals surface area contributed by atoms with Crippen LogP contribution in [0.5, 0.6) is 0 Å². The van der Waals surface area contributed by atoms with Crippen LogP contribution in [0.25, 0.3) is 0 Å². The molecule has 0 aromatic heterocycles. The van der Waals surface area contributed by atoms with Crippen molar-refractivity contribution < 1.29 is 14.3 Å². The molecule has 3 nitrogen and oxygen atoms in total. The lowest BCUT2D eigenvalue weighted by Crippen LogP contribution is -2.48. The molecule has 3 heteroatoms. The van der Waals surface area contributed by atoms with Crippen molar-refractivity contribution in [3.8, 4) is 0 Å². The Morgan fingerprint density at radius 1 is 1.00 bits per heavy atom. The second-order valence-electron chi connectivity index (χ2n) is 10.9. The number of unbranched alkanes of at least 4 members (excludes halogenated alkanes) is 5. The van der Waals surface area contributed by atoms with E-state index in [9.17, 15) is 9.59 Å². The molecule has 0 aliphatic heterocycles.